The predicted molar refractivity (Wildman–Crippen MR) is 121 cm³/mol. The minimum atomic E-state index is 0. The first-order valence-electron chi connectivity index (χ1n) is 9.22. The molecule has 2 aromatic carbocycles. The molecular formula is C22H25ClN2OS2. The highest BCUT2D eigenvalue weighted by Crippen LogP contribution is 2.40. The van der Waals surface area contributed by atoms with Crippen LogP contribution in [0.15, 0.2) is 69.8 Å². The van der Waals surface area contributed by atoms with Gasteiger partial charge in [-0.2, -0.15) is 0 Å². The van der Waals surface area contributed by atoms with Gasteiger partial charge in [-0.1, -0.05) is 42.1 Å². The number of thiazole rings is 1. The third-order valence-electron chi connectivity index (χ3n) is 5.21. The standard InChI is InChI=1S/C22H24N2OS2.ClH/c1-24(2)22(12-14-25-15-13-22)21-23-20(16-26-21)17-8-10-19(11-9-17)27-18-6-4-3-5-7-18;/h3-11,16H,12-15H2,1-2H3;1H. The molecule has 148 valence electrons. The second-order valence-corrected chi connectivity index (χ2v) is 9.02. The molecule has 0 amide bonds. The van der Waals surface area contributed by atoms with Gasteiger partial charge in [0.15, 0.2) is 0 Å². The fourth-order valence-corrected chi connectivity index (χ4v) is 5.51. The second-order valence-electron chi connectivity index (χ2n) is 7.02. The van der Waals surface area contributed by atoms with Gasteiger partial charge in [0.05, 0.1) is 11.2 Å². The maximum Gasteiger partial charge on any atom is 0.114 e. The fraction of sp³-hybridized carbons (Fsp3) is 0.318. The van der Waals surface area contributed by atoms with Crippen LogP contribution in [0.25, 0.3) is 11.3 Å². The minimum Gasteiger partial charge on any atom is -0.381 e. The highest BCUT2D eigenvalue weighted by molar-refractivity contribution is 7.99. The number of rotatable bonds is 5. The lowest BCUT2D eigenvalue weighted by molar-refractivity contribution is -0.0106. The van der Waals surface area contributed by atoms with Crippen LogP contribution in [0.4, 0.5) is 0 Å². The molecule has 0 aliphatic carbocycles. The third-order valence-corrected chi connectivity index (χ3v) is 7.26. The van der Waals surface area contributed by atoms with Crippen molar-refractivity contribution in [3.8, 4) is 11.3 Å². The van der Waals surface area contributed by atoms with Gasteiger partial charge in [0, 0.05) is 33.9 Å². The van der Waals surface area contributed by atoms with Gasteiger partial charge in [0.1, 0.15) is 5.01 Å². The van der Waals surface area contributed by atoms with Gasteiger partial charge in [-0.25, -0.2) is 4.98 Å². The molecule has 3 nitrogen and oxygen atoms in total. The van der Waals surface area contributed by atoms with E-state index in [1.807, 2.05) is 6.07 Å². The SMILES string of the molecule is CN(C)C1(c2nc(-c3ccc(Sc4ccccc4)cc3)cs2)CCOCC1.Cl. The number of ether oxygens (including phenoxy) is 1. The molecular weight excluding hydrogens is 408 g/mol. The van der Waals surface area contributed by atoms with E-state index < -0.39 is 0 Å². The van der Waals surface area contributed by atoms with Crippen molar-refractivity contribution in [1.82, 2.24) is 9.88 Å². The van der Waals surface area contributed by atoms with Gasteiger partial charge in [-0.05, 0) is 51.2 Å². The highest BCUT2D eigenvalue weighted by Gasteiger charge is 2.39. The van der Waals surface area contributed by atoms with E-state index in [1.54, 1.807) is 23.1 Å². The Morgan fingerprint density at radius 2 is 1.61 bits per heavy atom. The van der Waals surface area contributed by atoms with Crippen LogP contribution >= 0.6 is 35.5 Å². The van der Waals surface area contributed by atoms with Gasteiger partial charge < -0.3 is 4.74 Å². The normalized spacial score (nSPS) is 16.0. The summed E-state index contributed by atoms with van der Waals surface area (Å²) in [5.41, 5.74) is 2.25. The summed E-state index contributed by atoms with van der Waals surface area (Å²) in [6, 6.07) is 19.2. The Morgan fingerprint density at radius 3 is 2.25 bits per heavy atom. The zero-order chi connectivity index (χ0) is 18.7. The molecule has 0 N–H and O–H groups in total. The third kappa shape index (κ3) is 4.44. The summed E-state index contributed by atoms with van der Waals surface area (Å²) in [5, 5.41) is 3.39. The number of aromatic nitrogens is 1. The lowest BCUT2D eigenvalue weighted by Gasteiger charge is -2.41. The van der Waals surface area contributed by atoms with Crippen LogP contribution in [-0.2, 0) is 10.3 Å². The van der Waals surface area contributed by atoms with Gasteiger partial charge in [-0.3, -0.25) is 4.90 Å². The van der Waals surface area contributed by atoms with Gasteiger partial charge >= 0.3 is 0 Å². The summed E-state index contributed by atoms with van der Waals surface area (Å²) in [6.45, 7) is 1.61. The van der Waals surface area contributed by atoms with Crippen LogP contribution in [0.2, 0.25) is 0 Å². The second kappa shape index (κ2) is 9.42. The number of benzene rings is 2. The van der Waals surface area contributed by atoms with Crippen LogP contribution in [0.5, 0.6) is 0 Å². The van der Waals surface area contributed by atoms with Crippen molar-refractivity contribution in [2.75, 3.05) is 27.3 Å². The van der Waals surface area contributed by atoms with Crippen molar-refractivity contribution in [2.45, 2.75) is 28.2 Å². The zero-order valence-electron chi connectivity index (χ0n) is 16.1. The van der Waals surface area contributed by atoms with E-state index in [0.29, 0.717) is 0 Å². The van der Waals surface area contributed by atoms with E-state index >= 15 is 0 Å². The molecule has 0 saturated carbocycles. The van der Waals surface area contributed by atoms with Crippen LogP contribution in [0, 0.1) is 0 Å². The maximum atomic E-state index is 5.60. The Morgan fingerprint density at radius 1 is 0.964 bits per heavy atom. The largest absolute Gasteiger partial charge is 0.381 e. The Kier molecular flexibility index (Phi) is 7.18. The van der Waals surface area contributed by atoms with E-state index in [1.165, 1.54) is 20.4 Å². The first-order chi connectivity index (χ1) is 13.2. The van der Waals surface area contributed by atoms with E-state index in [0.717, 1.165) is 31.7 Å². The summed E-state index contributed by atoms with van der Waals surface area (Å²) >= 11 is 3.56. The summed E-state index contributed by atoms with van der Waals surface area (Å²) < 4.78 is 5.60. The van der Waals surface area contributed by atoms with Crippen molar-refractivity contribution in [1.29, 1.82) is 0 Å². The van der Waals surface area contributed by atoms with E-state index in [9.17, 15) is 0 Å². The van der Waals surface area contributed by atoms with E-state index in [-0.39, 0.29) is 17.9 Å². The van der Waals surface area contributed by atoms with Crippen molar-refractivity contribution in [3.05, 3.63) is 65.0 Å². The monoisotopic (exact) mass is 432 g/mol. The Labute approximate surface area is 181 Å². The quantitative estimate of drug-likeness (QED) is 0.497. The van der Waals surface area contributed by atoms with Crippen LogP contribution < -0.4 is 0 Å². The van der Waals surface area contributed by atoms with E-state index in [4.69, 9.17) is 9.72 Å². The minimum absolute atomic E-state index is 0. The molecule has 0 atom stereocenters. The Balaban J connectivity index is 0.00000225. The molecule has 1 aliphatic rings. The van der Waals surface area contributed by atoms with E-state index in [2.05, 4.69) is 72.9 Å². The molecule has 4 rings (SSSR count). The van der Waals surface area contributed by atoms with Crippen molar-refractivity contribution in [2.24, 2.45) is 0 Å². The number of halogens is 1. The van der Waals surface area contributed by atoms with Crippen LogP contribution in [-0.4, -0.2) is 37.2 Å². The van der Waals surface area contributed by atoms with Crippen molar-refractivity contribution in [3.63, 3.8) is 0 Å². The zero-order valence-corrected chi connectivity index (χ0v) is 18.6. The molecule has 3 aromatic rings. The molecule has 0 spiro atoms. The molecule has 1 fully saturated rings. The maximum absolute atomic E-state index is 5.60. The van der Waals surface area contributed by atoms with Crippen molar-refractivity contribution >= 4 is 35.5 Å². The van der Waals surface area contributed by atoms with Gasteiger partial charge in [0.25, 0.3) is 0 Å². The molecule has 2 heterocycles. The predicted octanol–water partition coefficient (Wildman–Crippen LogP) is 5.95. The Hall–Kier alpha value is -1.37. The summed E-state index contributed by atoms with van der Waals surface area (Å²) in [6.07, 6.45) is 2.00. The highest BCUT2D eigenvalue weighted by atomic mass is 35.5. The average Bonchev–Trinajstić information content (AvgIpc) is 3.20. The first kappa shape index (κ1) is 21.3. The summed E-state index contributed by atoms with van der Waals surface area (Å²) in [7, 11) is 4.31. The van der Waals surface area contributed by atoms with Gasteiger partial charge in [-0.15, -0.1) is 23.7 Å². The van der Waals surface area contributed by atoms with Gasteiger partial charge in [0.2, 0.25) is 0 Å². The van der Waals surface area contributed by atoms with Crippen LogP contribution in [0.1, 0.15) is 17.8 Å². The number of nitrogens with zero attached hydrogens (tertiary/aromatic N) is 2. The summed E-state index contributed by atoms with van der Waals surface area (Å²) in [4.78, 5) is 9.85. The average molecular weight is 433 g/mol. The molecule has 1 aromatic heterocycles. The van der Waals surface area contributed by atoms with Crippen LogP contribution in [0.3, 0.4) is 0 Å². The topological polar surface area (TPSA) is 25.4 Å². The molecule has 6 heteroatoms. The smallest absolute Gasteiger partial charge is 0.114 e. The molecule has 0 unspecified atom stereocenters. The first-order valence-corrected chi connectivity index (χ1v) is 10.9. The summed E-state index contributed by atoms with van der Waals surface area (Å²) in [5.74, 6) is 0. The molecule has 0 radical (unpaired) electrons. The Bertz CT molecular complexity index is 875. The fourth-order valence-electron chi connectivity index (χ4n) is 3.50. The molecule has 28 heavy (non-hydrogen) atoms. The molecule has 1 saturated heterocycles. The lowest BCUT2D eigenvalue weighted by atomic mass is 9.89. The lowest BCUT2D eigenvalue weighted by Crippen LogP contribution is -2.45. The number of hydrogen-bond acceptors (Lipinski definition) is 5. The molecule has 0 bridgehead atoms. The molecule has 1 aliphatic heterocycles. The van der Waals surface area contributed by atoms with Crippen molar-refractivity contribution < 1.29 is 4.74 Å². The number of hydrogen-bond donors (Lipinski definition) is 0.